The van der Waals surface area contributed by atoms with E-state index < -0.39 is 67.3 Å². The van der Waals surface area contributed by atoms with Gasteiger partial charge in [-0.2, -0.15) is 0 Å². The van der Waals surface area contributed by atoms with Gasteiger partial charge in [-0.3, -0.25) is 14.4 Å². The van der Waals surface area contributed by atoms with Crippen molar-refractivity contribution in [1.82, 2.24) is 0 Å². The van der Waals surface area contributed by atoms with E-state index in [4.69, 9.17) is 23.7 Å². The van der Waals surface area contributed by atoms with Gasteiger partial charge in [-0.05, 0) is 44.9 Å². The topological polar surface area (TPSA) is 175 Å². The number of carboxylic acid groups (broad SMARTS) is 1. The molecular formula is C61H106O12. The fourth-order valence-corrected chi connectivity index (χ4v) is 8.91. The van der Waals surface area contributed by atoms with Crippen molar-refractivity contribution in [2.24, 2.45) is 0 Å². The summed E-state index contributed by atoms with van der Waals surface area (Å²) in [6, 6.07) is 0. The van der Waals surface area contributed by atoms with Gasteiger partial charge in [0.1, 0.15) is 18.8 Å². The highest BCUT2D eigenvalue weighted by atomic mass is 16.7. The number of rotatable bonds is 50. The van der Waals surface area contributed by atoms with Crippen LogP contribution in [0.3, 0.4) is 0 Å². The molecule has 0 spiro atoms. The van der Waals surface area contributed by atoms with Gasteiger partial charge >= 0.3 is 23.9 Å². The van der Waals surface area contributed by atoms with Crippen molar-refractivity contribution in [3.05, 3.63) is 48.6 Å². The van der Waals surface area contributed by atoms with Gasteiger partial charge in [-0.15, -0.1) is 0 Å². The Morgan fingerprint density at radius 2 is 0.863 bits per heavy atom. The van der Waals surface area contributed by atoms with E-state index in [-0.39, 0.29) is 25.9 Å². The molecule has 1 rings (SSSR count). The first kappa shape index (κ1) is 67.7. The Kier molecular flexibility index (Phi) is 45.9. The Morgan fingerprint density at radius 3 is 1.29 bits per heavy atom. The number of carbonyl (C=O) groups is 4. The summed E-state index contributed by atoms with van der Waals surface area (Å²) in [6.07, 6.45) is 46.9. The largest absolute Gasteiger partial charge is 0.479 e. The zero-order valence-electron chi connectivity index (χ0n) is 46.4. The van der Waals surface area contributed by atoms with Crippen LogP contribution in [0.2, 0.25) is 0 Å². The average Bonchev–Trinajstić information content (AvgIpc) is 3.37. The van der Waals surface area contributed by atoms with E-state index in [1.54, 1.807) is 0 Å². The Bertz CT molecular complexity index is 1460. The standard InChI is InChI=1S/C61H106O12/c1-4-7-10-13-16-19-22-24-25-26-27-28-29-31-33-35-38-41-44-47-53(62)69-50-52(71-54(63)48-45-42-39-37-34-30-23-20-17-14-11-8-5-2)51-70-61-59(57(66)56(65)58(73-61)60(67)68)72-55(64)49-46-43-40-36-32-21-18-15-12-9-6-3/h8,11,17,20,30,34,39,42,52,56-59,61,65-66H,4-7,9-10,12-16,18-19,21-29,31-33,35-38,40-41,43-51H2,1-3H3,(H,67,68)/b11-8-,20-17-,34-30-,42-39-. The van der Waals surface area contributed by atoms with Gasteiger partial charge in [0.25, 0.3) is 0 Å². The first-order chi connectivity index (χ1) is 35.6. The van der Waals surface area contributed by atoms with Crippen LogP contribution in [0.1, 0.15) is 265 Å². The van der Waals surface area contributed by atoms with Crippen LogP contribution in [0.15, 0.2) is 48.6 Å². The summed E-state index contributed by atoms with van der Waals surface area (Å²) in [7, 11) is 0. The van der Waals surface area contributed by atoms with Crippen LogP contribution in [-0.4, -0.2) is 89.2 Å². The molecule has 0 aromatic rings. The summed E-state index contributed by atoms with van der Waals surface area (Å²) in [5.74, 6) is -3.21. The number of ether oxygens (including phenoxy) is 5. The van der Waals surface area contributed by atoms with Crippen molar-refractivity contribution in [3.63, 3.8) is 0 Å². The van der Waals surface area contributed by atoms with Crippen molar-refractivity contribution in [1.29, 1.82) is 0 Å². The van der Waals surface area contributed by atoms with Crippen LogP contribution < -0.4 is 0 Å². The summed E-state index contributed by atoms with van der Waals surface area (Å²) in [5.41, 5.74) is 0. The number of allylic oxidation sites excluding steroid dienone is 8. The molecule has 0 aromatic heterocycles. The molecule has 6 atom stereocenters. The summed E-state index contributed by atoms with van der Waals surface area (Å²) in [5, 5.41) is 31.4. The van der Waals surface area contributed by atoms with E-state index in [1.165, 1.54) is 135 Å². The number of esters is 3. The maximum atomic E-state index is 13.1. The number of carbonyl (C=O) groups excluding carboxylic acids is 3. The summed E-state index contributed by atoms with van der Waals surface area (Å²) >= 11 is 0. The van der Waals surface area contributed by atoms with Crippen LogP contribution in [-0.2, 0) is 42.9 Å². The maximum Gasteiger partial charge on any atom is 0.335 e. The molecule has 1 saturated heterocycles. The monoisotopic (exact) mass is 1030 g/mol. The zero-order valence-corrected chi connectivity index (χ0v) is 46.4. The Balaban J connectivity index is 2.68. The second-order valence-corrected chi connectivity index (χ2v) is 20.3. The van der Waals surface area contributed by atoms with Crippen LogP contribution in [0.5, 0.6) is 0 Å². The van der Waals surface area contributed by atoms with Crippen molar-refractivity contribution >= 4 is 23.9 Å². The molecule has 0 bridgehead atoms. The highest BCUT2D eigenvalue weighted by Gasteiger charge is 2.50. The minimum absolute atomic E-state index is 0.0449. The van der Waals surface area contributed by atoms with Crippen molar-refractivity contribution < 1.29 is 58.2 Å². The highest BCUT2D eigenvalue weighted by Crippen LogP contribution is 2.26. The van der Waals surface area contributed by atoms with E-state index in [2.05, 4.69) is 57.2 Å². The van der Waals surface area contributed by atoms with Crippen LogP contribution >= 0.6 is 0 Å². The second kappa shape index (κ2) is 49.6. The summed E-state index contributed by atoms with van der Waals surface area (Å²) in [4.78, 5) is 51.0. The third-order valence-electron chi connectivity index (χ3n) is 13.4. The smallest absolute Gasteiger partial charge is 0.335 e. The molecule has 3 N–H and O–H groups in total. The quantitative estimate of drug-likeness (QED) is 0.0228. The van der Waals surface area contributed by atoms with Crippen molar-refractivity contribution in [2.75, 3.05) is 13.2 Å². The molecule has 1 aliphatic heterocycles. The van der Waals surface area contributed by atoms with E-state index in [9.17, 15) is 34.5 Å². The molecule has 1 aliphatic rings. The first-order valence-corrected chi connectivity index (χ1v) is 29.6. The van der Waals surface area contributed by atoms with Crippen molar-refractivity contribution in [2.45, 2.75) is 302 Å². The van der Waals surface area contributed by atoms with Gasteiger partial charge in [0.05, 0.1) is 6.61 Å². The van der Waals surface area contributed by atoms with Crippen LogP contribution in [0.4, 0.5) is 0 Å². The number of unbranched alkanes of at least 4 members (excludes halogenated alkanes) is 28. The SMILES string of the molecule is CC/C=C\C/C=C\C/C=C\C/C=C\CCC(=O)OC(COC(=O)CCCCCCCCCCCCCCCCCCCCC)COC1OC(C(=O)O)C(O)C(O)C1OC(=O)CCCCCCCCCCCCC. The van der Waals surface area contributed by atoms with Gasteiger partial charge in [-0.1, -0.05) is 249 Å². The van der Waals surface area contributed by atoms with Gasteiger partial charge in [-0.25, -0.2) is 4.79 Å². The van der Waals surface area contributed by atoms with Gasteiger partial charge in [0.2, 0.25) is 0 Å². The van der Waals surface area contributed by atoms with E-state index in [0.29, 0.717) is 19.3 Å². The molecule has 73 heavy (non-hydrogen) atoms. The third kappa shape index (κ3) is 39.7. The van der Waals surface area contributed by atoms with Crippen LogP contribution in [0.25, 0.3) is 0 Å². The number of hydrogen-bond acceptors (Lipinski definition) is 11. The number of aliphatic hydroxyl groups is 2. The first-order valence-electron chi connectivity index (χ1n) is 29.6. The predicted molar refractivity (Wildman–Crippen MR) is 294 cm³/mol. The van der Waals surface area contributed by atoms with E-state index in [1.807, 2.05) is 12.2 Å². The maximum absolute atomic E-state index is 13.1. The molecule has 12 heteroatoms. The minimum Gasteiger partial charge on any atom is -0.479 e. The molecule has 6 unspecified atom stereocenters. The zero-order chi connectivity index (χ0) is 53.3. The van der Waals surface area contributed by atoms with E-state index in [0.717, 1.165) is 70.6 Å². The minimum atomic E-state index is -1.91. The van der Waals surface area contributed by atoms with Gasteiger partial charge in [0, 0.05) is 19.3 Å². The second-order valence-electron chi connectivity index (χ2n) is 20.3. The number of hydrogen-bond donors (Lipinski definition) is 3. The Labute approximate surface area is 443 Å². The average molecular weight is 1030 g/mol. The normalized spacial score (nSPS) is 18.6. The number of aliphatic hydroxyl groups excluding tert-OH is 2. The number of carboxylic acids is 1. The lowest BCUT2D eigenvalue weighted by Crippen LogP contribution is -2.61. The molecule has 0 aromatic carbocycles. The molecule has 0 radical (unpaired) electrons. The van der Waals surface area contributed by atoms with Gasteiger partial charge < -0.3 is 39.0 Å². The van der Waals surface area contributed by atoms with Crippen LogP contribution in [0, 0.1) is 0 Å². The molecule has 0 amide bonds. The van der Waals surface area contributed by atoms with E-state index >= 15 is 0 Å². The lowest BCUT2D eigenvalue weighted by atomic mass is 9.98. The predicted octanol–water partition coefficient (Wildman–Crippen LogP) is 15.0. The summed E-state index contributed by atoms with van der Waals surface area (Å²) in [6.45, 7) is 5.82. The fraction of sp³-hybridized carbons (Fsp3) is 0.803. The molecule has 0 aliphatic carbocycles. The number of aliphatic carboxylic acids is 1. The molecular weight excluding hydrogens is 925 g/mol. The Morgan fingerprint density at radius 1 is 0.466 bits per heavy atom. The third-order valence-corrected chi connectivity index (χ3v) is 13.4. The van der Waals surface area contributed by atoms with Gasteiger partial charge in [0.15, 0.2) is 24.6 Å². The molecule has 12 nitrogen and oxygen atoms in total. The highest BCUT2D eigenvalue weighted by molar-refractivity contribution is 5.74. The lowest BCUT2D eigenvalue weighted by Gasteiger charge is -2.40. The van der Waals surface area contributed by atoms with Crippen molar-refractivity contribution in [3.8, 4) is 0 Å². The lowest BCUT2D eigenvalue weighted by molar-refractivity contribution is -0.301. The molecule has 1 fully saturated rings. The Hall–Kier alpha value is -3.32. The summed E-state index contributed by atoms with van der Waals surface area (Å²) < 4.78 is 28.3. The molecule has 422 valence electrons. The molecule has 1 heterocycles. The fourth-order valence-electron chi connectivity index (χ4n) is 8.91. The molecule has 0 saturated carbocycles.